The molecule has 0 N–H and O–H groups in total. The molecule has 92 valence electrons. The summed E-state index contributed by atoms with van der Waals surface area (Å²) in [5.74, 6) is 0.528. The molecule has 0 aromatic rings. The van der Waals surface area contributed by atoms with Gasteiger partial charge < -0.3 is 4.74 Å². The Bertz CT molecular complexity index is 268. The van der Waals surface area contributed by atoms with Gasteiger partial charge in [0.05, 0.1) is 5.41 Å². The molecule has 1 aliphatic carbocycles. The molecular formula is C13H21ClO2. The Morgan fingerprint density at radius 3 is 2.38 bits per heavy atom. The average Bonchev–Trinajstić information content (AvgIpc) is 2.61. The summed E-state index contributed by atoms with van der Waals surface area (Å²) in [5.41, 5.74) is -0.754. The molecule has 0 saturated heterocycles. The van der Waals surface area contributed by atoms with E-state index in [1.54, 1.807) is 0 Å². The Morgan fingerprint density at radius 1 is 1.38 bits per heavy atom. The second-order valence-electron chi connectivity index (χ2n) is 5.45. The number of carbonyl (C=O) groups excluding carboxylic acids is 1. The summed E-state index contributed by atoms with van der Waals surface area (Å²) in [4.78, 5) is 12.2. The van der Waals surface area contributed by atoms with Crippen LogP contribution in [0.4, 0.5) is 0 Å². The maximum absolute atomic E-state index is 12.2. The van der Waals surface area contributed by atoms with Gasteiger partial charge in [0.25, 0.3) is 0 Å². The number of hydrogen-bond acceptors (Lipinski definition) is 2. The number of allylic oxidation sites excluding steroid dienone is 2. The first-order chi connectivity index (χ1) is 7.40. The van der Waals surface area contributed by atoms with E-state index in [1.807, 2.05) is 20.8 Å². The zero-order valence-electron chi connectivity index (χ0n) is 10.4. The minimum absolute atomic E-state index is 0.0740. The van der Waals surface area contributed by atoms with Crippen molar-refractivity contribution >= 4 is 17.6 Å². The maximum atomic E-state index is 12.2. The van der Waals surface area contributed by atoms with Gasteiger partial charge >= 0.3 is 5.97 Å². The fourth-order valence-electron chi connectivity index (χ4n) is 1.97. The van der Waals surface area contributed by atoms with Crippen molar-refractivity contribution in [3.05, 3.63) is 12.2 Å². The second kappa shape index (κ2) is 5.22. The molecule has 0 atom stereocenters. The van der Waals surface area contributed by atoms with E-state index < -0.39 is 5.60 Å². The molecule has 0 radical (unpaired) electrons. The zero-order chi connectivity index (χ0) is 12.2. The average molecular weight is 245 g/mol. The molecule has 0 aromatic heterocycles. The van der Waals surface area contributed by atoms with Crippen LogP contribution in [-0.4, -0.2) is 17.5 Å². The molecule has 0 spiro atoms. The van der Waals surface area contributed by atoms with Gasteiger partial charge in [0.1, 0.15) is 5.60 Å². The Kier molecular flexibility index (Phi) is 4.43. The van der Waals surface area contributed by atoms with Crippen molar-refractivity contribution in [1.82, 2.24) is 0 Å². The van der Waals surface area contributed by atoms with Gasteiger partial charge in [0, 0.05) is 5.88 Å². The molecule has 0 aromatic carbocycles. The number of rotatable bonds is 4. The van der Waals surface area contributed by atoms with Crippen LogP contribution in [0.25, 0.3) is 0 Å². The van der Waals surface area contributed by atoms with Crippen LogP contribution in [0.15, 0.2) is 12.2 Å². The second-order valence-corrected chi connectivity index (χ2v) is 5.83. The van der Waals surface area contributed by atoms with Crippen molar-refractivity contribution in [3.63, 3.8) is 0 Å². The van der Waals surface area contributed by atoms with Crippen LogP contribution in [0.1, 0.15) is 46.5 Å². The van der Waals surface area contributed by atoms with Gasteiger partial charge in [-0.15, -0.1) is 11.6 Å². The molecule has 0 heterocycles. The quantitative estimate of drug-likeness (QED) is 0.428. The highest BCUT2D eigenvalue weighted by molar-refractivity contribution is 6.17. The molecule has 0 saturated carbocycles. The Balaban J connectivity index is 2.66. The summed E-state index contributed by atoms with van der Waals surface area (Å²) >= 11 is 5.71. The van der Waals surface area contributed by atoms with Crippen LogP contribution < -0.4 is 0 Å². The predicted octanol–water partition coefficient (Wildman–Crippen LogP) is 3.68. The van der Waals surface area contributed by atoms with Crippen molar-refractivity contribution in [2.24, 2.45) is 5.41 Å². The SMILES string of the molecule is CC(C)(C)OC(=O)C1(CCCCl)CC=CC1. The van der Waals surface area contributed by atoms with Crippen molar-refractivity contribution in [2.75, 3.05) is 5.88 Å². The van der Waals surface area contributed by atoms with E-state index in [-0.39, 0.29) is 11.4 Å². The van der Waals surface area contributed by atoms with Crippen LogP contribution in [0, 0.1) is 5.41 Å². The molecule has 0 bridgehead atoms. The Hall–Kier alpha value is -0.500. The zero-order valence-corrected chi connectivity index (χ0v) is 11.1. The van der Waals surface area contributed by atoms with Gasteiger partial charge in [-0.25, -0.2) is 0 Å². The van der Waals surface area contributed by atoms with Gasteiger partial charge in [-0.2, -0.15) is 0 Å². The summed E-state index contributed by atoms with van der Waals surface area (Å²) in [5, 5.41) is 0. The molecule has 0 fully saturated rings. The van der Waals surface area contributed by atoms with E-state index in [0.717, 1.165) is 25.7 Å². The smallest absolute Gasteiger partial charge is 0.313 e. The lowest BCUT2D eigenvalue weighted by atomic mass is 9.81. The summed E-state index contributed by atoms with van der Waals surface area (Å²) in [6.07, 6.45) is 7.40. The predicted molar refractivity (Wildman–Crippen MR) is 66.6 cm³/mol. The maximum Gasteiger partial charge on any atom is 0.313 e. The van der Waals surface area contributed by atoms with E-state index in [0.29, 0.717) is 5.88 Å². The molecule has 1 aliphatic rings. The third kappa shape index (κ3) is 3.51. The van der Waals surface area contributed by atoms with Gasteiger partial charge in [0.15, 0.2) is 0 Å². The number of hydrogen-bond donors (Lipinski definition) is 0. The fraction of sp³-hybridized carbons (Fsp3) is 0.769. The van der Waals surface area contributed by atoms with Crippen LogP contribution in [0.3, 0.4) is 0 Å². The lowest BCUT2D eigenvalue weighted by Crippen LogP contribution is -2.36. The number of alkyl halides is 1. The van der Waals surface area contributed by atoms with Crippen LogP contribution in [-0.2, 0) is 9.53 Å². The van der Waals surface area contributed by atoms with Crippen molar-refractivity contribution < 1.29 is 9.53 Å². The Morgan fingerprint density at radius 2 is 1.94 bits per heavy atom. The first-order valence-corrected chi connectivity index (χ1v) is 6.37. The topological polar surface area (TPSA) is 26.3 Å². The summed E-state index contributed by atoms with van der Waals surface area (Å²) in [7, 11) is 0. The summed E-state index contributed by atoms with van der Waals surface area (Å²) in [6.45, 7) is 5.72. The normalized spacial score (nSPS) is 18.8. The molecule has 1 rings (SSSR count). The van der Waals surface area contributed by atoms with Gasteiger partial charge in [-0.1, -0.05) is 12.2 Å². The van der Waals surface area contributed by atoms with Crippen molar-refractivity contribution in [2.45, 2.75) is 52.1 Å². The third-order valence-electron chi connectivity index (χ3n) is 2.80. The van der Waals surface area contributed by atoms with Crippen LogP contribution in [0.2, 0.25) is 0 Å². The molecule has 0 amide bonds. The van der Waals surface area contributed by atoms with E-state index in [1.165, 1.54) is 0 Å². The highest BCUT2D eigenvalue weighted by Crippen LogP contribution is 2.40. The molecule has 0 aliphatic heterocycles. The van der Waals surface area contributed by atoms with Gasteiger partial charge in [0.2, 0.25) is 0 Å². The molecule has 2 nitrogen and oxygen atoms in total. The Labute approximate surface area is 103 Å². The lowest BCUT2D eigenvalue weighted by Gasteiger charge is -2.31. The summed E-state index contributed by atoms with van der Waals surface area (Å²) < 4.78 is 5.50. The molecule has 0 unspecified atom stereocenters. The monoisotopic (exact) mass is 244 g/mol. The van der Waals surface area contributed by atoms with E-state index >= 15 is 0 Å². The number of esters is 1. The third-order valence-corrected chi connectivity index (χ3v) is 3.07. The molecular weight excluding hydrogens is 224 g/mol. The highest BCUT2D eigenvalue weighted by atomic mass is 35.5. The summed E-state index contributed by atoms with van der Waals surface area (Å²) in [6, 6.07) is 0. The van der Waals surface area contributed by atoms with Crippen LogP contribution in [0.5, 0.6) is 0 Å². The molecule has 16 heavy (non-hydrogen) atoms. The minimum atomic E-state index is -0.409. The first-order valence-electron chi connectivity index (χ1n) is 5.84. The van der Waals surface area contributed by atoms with Crippen molar-refractivity contribution in [3.8, 4) is 0 Å². The molecule has 3 heteroatoms. The van der Waals surface area contributed by atoms with Crippen molar-refractivity contribution in [1.29, 1.82) is 0 Å². The number of ether oxygens (including phenoxy) is 1. The number of halogens is 1. The fourth-order valence-corrected chi connectivity index (χ4v) is 2.10. The number of carbonyl (C=O) groups is 1. The van der Waals surface area contributed by atoms with E-state index in [9.17, 15) is 4.79 Å². The van der Waals surface area contributed by atoms with Gasteiger partial charge in [-0.05, 0) is 46.5 Å². The van der Waals surface area contributed by atoms with Gasteiger partial charge in [-0.3, -0.25) is 4.79 Å². The van der Waals surface area contributed by atoms with E-state index in [2.05, 4.69) is 12.2 Å². The standard InChI is InChI=1S/C13H21ClO2/c1-12(2,3)16-11(15)13(9-6-10-14)7-4-5-8-13/h4-5H,6-10H2,1-3H3. The highest BCUT2D eigenvalue weighted by Gasteiger charge is 2.41. The largest absolute Gasteiger partial charge is 0.460 e. The minimum Gasteiger partial charge on any atom is -0.460 e. The first kappa shape index (κ1) is 13.6. The van der Waals surface area contributed by atoms with Crippen LogP contribution >= 0.6 is 11.6 Å². The lowest BCUT2D eigenvalue weighted by molar-refractivity contribution is -0.167. The van der Waals surface area contributed by atoms with E-state index in [4.69, 9.17) is 16.3 Å².